The lowest BCUT2D eigenvalue weighted by Crippen LogP contribution is -2.16. The standard InChI is InChI=1S/C6H6N2O/c1-5-6(9)8-4-2-3-7-5/h2-4H,1H2,(H,8,9). The van der Waals surface area contributed by atoms with E-state index >= 15 is 0 Å². The van der Waals surface area contributed by atoms with Gasteiger partial charge in [-0.3, -0.25) is 9.79 Å². The van der Waals surface area contributed by atoms with Gasteiger partial charge in [-0.15, -0.1) is 0 Å². The second-order valence-electron chi connectivity index (χ2n) is 1.56. The Hall–Kier alpha value is -1.38. The first kappa shape index (κ1) is 5.75. The van der Waals surface area contributed by atoms with Gasteiger partial charge in [-0.25, -0.2) is 0 Å². The minimum Gasteiger partial charge on any atom is -0.327 e. The summed E-state index contributed by atoms with van der Waals surface area (Å²) in [6, 6.07) is 0. The predicted molar refractivity (Wildman–Crippen MR) is 34.9 cm³/mol. The van der Waals surface area contributed by atoms with Crippen molar-refractivity contribution in [2.75, 3.05) is 0 Å². The van der Waals surface area contributed by atoms with Gasteiger partial charge in [-0.1, -0.05) is 6.58 Å². The molecule has 0 aromatic rings. The zero-order valence-electron chi connectivity index (χ0n) is 4.79. The third-order valence-corrected chi connectivity index (χ3v) is 0.889. The van der Waals surface area contributed by atoms with Gasteiger partial charge in [-0.2, -0.15) is 0 Å². The Morgan fingerprint density at radius 2 is 2.44 bits per heavy atom. The summed E-state index contributed by atoms with van der Waals surface area (Å²) < 4.78 is 0. The number of nitrogens with zero attached hydrogens (tertiary/aromatic N) is 1. The van der Waals surface area contributed by atoms with E-state index < -0.39 is 0 Å². The van der Waals surface area contributed by atoms with Crippen LogP contribution in [0, 0.1) is 0 Å². The molecule has 0 aromatic carbocycles. The van der Waals surface area contributed by atoms with Crippen LogP contribution in [0.1, 0.15) is 0 Å². The molecular formula is C6H6N2O. The van der Waals surface area contributed by atoms with Crippen LogP contribution in [0.4, 0.5) is 0 Å². The summed E-state index contributed by atoms with van der Waals surface area (Å²) >= 11 is 0. The van der Waals surface area contributed by atoms with Crippen LogP contribution in [0.2, 0.25) is 0 Å². The van der Waals surface area contributed by atoms with Gasteiger partial charge in [0.2, 0.25) is 0 Å². The van der Waals surface area contributed by atoms with Gasteiger partial charge in [0.15, 0.2) is 0 Å². The molecule has 46 valence electrons. The fourth-order valence-electron chi connectivity index (χ4n) is 0.442. The molecule has 0 radical (unpaired) electrons. The summed E-state index contributed by atoms with van der Waals surface area (Å²) in [5.74, 6) is -0.250. The predicted octanol–water partition coefficient (Wildman–Crippen LogP) is 0.214. The second-order valence-corrected chi connectivity index (χ2v) is 1.56. The Bertz CT molecular complexity index is 203. The summed E-state index contributed by atoms with van der Waals surface area (Å²) in [7, 11) is 0. The minimum absolute atomic E-state index is 0.236. The number of hydrogen-bond acceptors (Lipinski definition) is 2. The van der Waals surface area contributed by atoms with Crippen molar-refractivity contribution in [3.63, 3.8) is 0 Å². The number of aliphatic imine (C=N–C) groups is 1. The van der Waals surface area contributed by atoms with E-state index in [1.54, 1.807) is 6.08 Å². The van der Waals surface area contributed by atoms with Crippen LogP contribution in [-0.2, 0) is 4.79 Å². The number of carbonyl (C=O) groups is 1. The molecular weight excluding hydrogens is 116 g/mol. The molecule has 0 aromatic heterocycles. The topological polar surface area (TPSA) is 41.5 Å². The van der Waals surface area contributed by atoms with Crippen LogP contribution in [-0.4, -0.2) is 12.1 Å². The number of rotatable bonds is 0. The van der Waals surface area contributed by atoms with Crippen molar-refractivity contribution in [3.8, 4) is 0 Å². The molecule has 0 aliphatic carbocycles. The number of carbonyl (C=O) groups excluding carboxylic acids is 1. The third kappa shape index (κ3) is 1.25. The number of allylic oxidation sites excluding steroid dienone is 1. The third-order valence-electron chi connectivity index (χ3n) is 0.889. The van der Waals surface area contributed by atoms with Gasteiger partial charge >= 0.3 is 0 Å². The maximum absolute atomic E-state index is 10.6. The molecule has 0 fully saturated rings. The monoisotopic (exact) mass is 122 g/mol. The van der Waals surface area contributed by atoms with Crippen LogP contribution >= 0.6 is 0 Å². The summed E-state index contributed by atoms with van der Waals surface area (Å²) in [5.41, 5.74) is 0.236. The van der Waals surface area contributed by atoms with Gasteiger partial charge in [-0.05, 0) is 6.08 Å². The van der Waals surface area contributed by atoms with E-state index in [-0.39, 0.29) is 11.6 Å². The molecule has 1 amide bonds. The van der Waals surface area contributed by atoms with Crippen LogP contribution in [0.15, 0.2) is 29.5 Å². The highest BCUT2D eigenvalue weighted by molar-refractivity contribution is 5.96. The molecule has 1 aliphatic heterocycles. The summed E-state index contributed by atoms with van der Waals surface area (Å²) in [6.45, 7) is 3.41. The first-order valence-electron chi connectivity index (χ1n) is 2.49. The van der Waals surface area contributed by atoms with E-state index in [1.807, 2.05) is 0 Å². The molecule has 3 nitrogen and oxygen atoms in total. The van der Waals surface area contributed by atoms with Crippen molar-refractivity contribution in [2.45, 2.75) is 0 Å². The van der Waals surface area contributed by atoms with Crippen LogP contribution < -0.4 is 5.32 Å². The maximum Gasteiger partial charge on any atom is 0.273 e. The van der Waals surface area contributed by atoms with Gasteiger partial charge in [0, 0.05) is 12.4 Å². The highest BCUT2D eigenvalue weighted by atomic mass is 16.1. The van der Waals surface area contributed by atoms with Gasteiger partial charge < -0.3 is 5.32 Å². The van der Waals surface area contributed by atoms with Gasteiger partial charge in [0.25, 0.3) is 5.91 Å². The molecule has 0 saturated heterocycles. The molecule has 3 heteroatoms. The molecule has 0 spiro atoms. The largest absolute Gasteiger partial charge is 0.327 e. The maximum atomic E-state index is 10.6. The molecule has 0 bridgehead atoms. The summed E-state index contributed by atoms with van der Waals surface area (Å²) in [6.07, 6.45) is 4.67. The lowest BCUT2D eigenvalue weighted by atomic mass is 10.5. The lowest BCUT2D eigenvalue weighted by molar-refractivity contribution is -0.116. The van der Waals surface area contributed by atoms with Crippen molar-refractivity contribution in [1.29, 1.82) is 0 Å². The average molecular weight is 122 g/mol. The normalized spacial score (nSPS) is 17.3. The smallest absolute Gasteiger partial charge is 0.273 e. The molecule has 0 atom stereocenters. The van der Waals surface area contributed by atoms with E-state index in [4.69, 9.17) is 0 Å². The van der Waals surface area contributed by atoms with Crippen molar-refractivity contribution in [1.82, 2.24) is 5.32 Å². The highest BCUT2D eigenvalue weighted by Gasteiger charge is 2.01. The lowest BCUT2D eigenvalue weighted by Gasteiger charge is -1.92. The molecule has 9 heavy (non-hydrogen) atoms. The second kappa shape index (κ2) is 2.26. The molecule has 1 rings (SSSR count). The Morgan fingerprint density at radius 3 is 3.22 bits per heavy atom. The van der Waals surface area contributed by atoms with E-state index in [0.29, 0.717) is 0 Å². The van der Waals surface area contributed by atoms with Crippen molar-refractivity contribution in [3.05, 3.63) is 24.6 Å². The zero-order valence-corrected chi connectivity index (χ0v) is 4.79. The molecule has 0 unspecified atom stereocenters. The molecule has 1 N–H and O–H groups in total. The average Bonchev–Trinajstić information content (AvgIpc) is 1.99. The molecule has 1 aliphatic rings. The van der Waals surface area contributed by atoms with Gasteiger partial charge in [0.1, 0.15) is 5.70 Å². The van der Waals surface area contributed by atoms with E-state index in [9.17, 15) is 4.79 Å². The zero-order chi connectivity index (χ0) is 6.69. The number of hydrogen-bond donors (Lipinski definition) is 1. The SMILES string of the molecule is C=C1N=CC=CNC1=O. The van der Waals surface area contributed by atoms with Gasteiger partial charge in [0.05, 0.1) is 0 Å². The van der Waals surface area contributed by atoms with Crippen molar-refractivity contribution in [2.24, 2.45) is 4.99 Å². The quantitative estimate of drug-likeness (QED) is 0.458. The first-order chi connectivity index (χ1) is 4.30. The van der Waals surface area contributed by atoms with Crippen molar-refractivity contribution >= 4 is 12.1 Å². The Kier molecular flexibility index (Phi) is 1.44. The first-order valence-corrected chi connectivity index (χ1v) is 2.49. The highest BCUT2D eigenvalue weighted by Crippen LogP contribution is 1.92. The fourth-order valence-corrected chi connectivity index (χ4v) is 0.442. The van der Waals surface area contributed by atoms with E-state index in [0.717, 1.165) is 0 Å². The van der Waals surface area contributed by atoms with Crippen LogP contribution in [0.25, 0.3) is 0 Å². The molecule has 1 heterocycles. The Labute approximate surface area is 52.8 Å². The van der Waals surface area contributed by atoms with Crippen LogP contribution in [0.5, 0.6) is 0 Å². The van der Waals surface area contributed by atoms with E-state index in [1.165, 1.54) is 12.4 Å². The van der Waals surface area contributed by atoms with Crippen LogP contribution in [0.3, 0.4) is 0 Å². The molecule has 0 saturated carbocycles. The number of nitrogens with one attached hydrogen (secondary N) is 1. The summed E-state index contributed by atoms with van der Waals surface area (Å²) in [5, 5.41) is 2.45. The van der Waals surface area contributed by atoms with Crippen molar-refractivity contribution < 1.29 is 4.79 Å². The fraction of sp³-hybridized carbons (Fsp3) is 0. The van der Waals surface area contributed by atoms with E-state index in [2.05, 4.69) is 16.9 Å². The summed E-state index contributed by atoms with van der Waals surface area (Å²) in [4.78, 5) is 14.3. The number of amides is 1. The minimum atomic E-state index is -0.250. The Balaban J connectivity index is 2.81. The Morgan fingerprint density at radius 1 is 1.67 bits per heavy atom.